The number of aliphatic hydroxyl groups excluding tert-OH is 2. The summed E-state index contributed by atoms with van der Waals surface area (Å²) in [5.74, 6) is -0.244. The summed E-state index contributed by atoms with van der Waals surface area (Å²) in [6, 6.07) is -0.615. The Labute approximate surface area is 148 Å². The topological polar surface area (TPSA) is 69.6 Å². The summed E-state index contributed by atoms with van der Waals surface area (Å²) in [6.45, 7) is 3.37. The first kappa shape index (κ1) is 23.1. The lowest BCUT2D eigenvalue weighted by atomic mass is 10.0. The van der Waals surface area contributed by atoms with Gasteiger partial charge in [0.1, 0.15) is 0 Å². The van der Waals surface area contributed by atoms with Crippen LogP contribution in [0.1, 0.15) is 90.9 Å². The van der Waals surface area contributed by atoms with Crippen LogP contribution < -0.4 is 5.32 Å². The fourth-order valence-corrected chi connectivity index (χ4v) is 2.80. The molecule has 4 heteroatoms. The maximum atomic E-state index is 10.9. The Morgan fingerprint density at radius 3 is 1.92 bits per heavy atom. The van der Waals surface area contributed by atoms with Gasteiger partial charge in [-0.3, -0.25) is 4.79 Å². The van der Waals surface area contributed by atoms with E-state index in [4.69, 9.17) is 5.11 Å². The van der Waals surface area contributed by atoms with E-state index in [9.17, 15) is 9.90 Å². The second-order valence-corrected chi connectivity index (χ2v) is 6.73. The van der Waals surface area contributed by atoms with Crippen molar-refractivity contribution in [2.24, 2.45) is 0 Å². The van der Waals surface area contributed by atoms with Crippen molar-refractivity contribution in [3.05, 3.63) is 12.2 Å². The molecule has 0 spiro atoms. The quantitative estimate of drug-likeness (QED) is 0.292. The van der Waals surface area contributed by atoms with E-state index in [2.05, 4.69) is 12.2 Å². The Hall–Kier alpha value is -0.870. The Kier molecular flexibility index (Phi) is 16.4. The number of amides is 1. The predicted molar refractivity (Wildman–Crippen MR) is 101 cm³/mol. The Balaban J connectivity index is 3.47. The first-order valence-corrected chi connectivity index (χ1v) is 9.84. The van der Waals surface area contributed by atoms with Gasteiger partial charge in [0, 0.05) is 6.92 Å². The molecule has 0 bridgehead atoms. The first-order chi connectivity index (χ1) is 11.6. The van der Waals surface area contributed by atoms with Gasteiger partial charge in [-0.05, 0) is 12.8 Å². The molecule has 1 amide bonds. The molecule has 0 aromatic carbocycles. The highest BCUT2D eigenvalue weighted by Crippen LogP contribution is 2.12. The first-order valence-electron chi connectivity index (χ1n) is 9.84. The molecule has 0 fully saturated rings. The molecule has 0 saturated carbocycles. The maximum absolute atomic E-state index is 10.9. The molecular weight excluding hydrogens is 302 g/mol. The van der Waals surface area contributed by atoms with Crippen LogP contribution in [0.3, 0.4) is 0 Å². The molecule has 0 saturated heterocycles. The summed E-state index contributed by atoms with van der Waals surface area (Å²) in [7, 11) is 0. The van der Waals surface area contributed by atoms with Crippen molar-refractivity contribution in [2.75, 3.05) is 6.61 Å². The predicted octanol–water partition coefficient (Wildman–Crippen LogP) is 4.10. The van der Waals surface area contributed by atoms with E-state index in [-0.39, 0.29) is 12.5 Å². The van der Waals surface area contributed by atoms with Crippen molar-refractivity contribution in [3.63, 3.8) is 0 Å². The summed E-state index contributed by atoms with van der Waals surface area (Å²) in [5.41, 5.74) is 0. The molecule has 2 atom stereocenters. The zero-order chi connectivity index (χ0) is 18.0. The molecule has 0 aliphatic rings. The zero-order valence-electron chi connectivity index (χ0n) is 15.8. The average molecular weight is 342 g/mol. The van der Waals surface area contributed by atoms with Gasteiger partial charge < -0.3 is 15.5 Å². The number of hydrogen-bond donors (Lipinski definition) is 3. The largest absolute Gasteiger partial charge is 0.394 e. The number of carbonyl (C=O) groups is 1. The van der Waals surface area contributed by atoms with Crippen LogP contribution in [0.25, 0.3) is 0 Å². The molecule has 0 aliphatic carbocycles. The summed E-state index contributed by atoms with van der Waals surface area (Å²) >= 11 is 0. The van der Waals surface area contributed by atoms with Crippen LogP contribution in [0.15, 0.2) is 12.2 Å². The van der Waals surface area contributed by atoms with E-state index < -0.39 is 12.1 Å². The molecule has 24 heavy (non-hydrogen) atoms. The molecular formula is C20H39NO3. The van der Waals surface area contributed by atoms with Crippen molar-refractivity contribution < 1.29 is 15.0 Å². The molecule has 142 valence electrons. The fourth-order valence-electron chi connectivity index (χ4n) is 2.80. The van der Waals surface area contributed by atoms with E-state index in [0.29, 0.717) is 0 Å². The van der Waals surface area contributed by atoms with E-state index in [1.807, 2.05) is 6.08 Å². The van der Waals surface area contributed by atoms with Gasteiger partial charge in [-0.1, -0.05) is 83.3 Å². The summed E-state index contributed by atoms with van der Waals surface area (Å²) in [5, 5.41) is 21.5. The lowest BCUT2D eigenvalue weighted by Gasteiger charge is -2.18. The van der Waals surface area contributed by atoms with Gasteiger partial charge in [-0.2, -0.15) is 0 Å². The number of nitrogens with one attached hydrogen (secondary N) is 1. The number of aliphatic hydroxyl groups is 2. The van der Waals surface area contributed by atoms with E-state index in [1.165, 1.54) is 71.1 Å². The normalized spacial score (nSPS) is 14.0. The Morgan fingerprint density at radius 1 is 0.958 bits per heavy atom. The van der Waals surface area contributed by atoms with Crippen LogP contribution in [0.2, 0.25) is 0 Å². The number of hydrogen-bond acceptors (Lipinski definition) is 3. The van der Waals surface area contributed by atoms with Crippen LogP contribution in [0.5, 0.6) is 0 Å². The standard InChI is InChI=1S/C20H39NO3/c1-3-4-5-6-7-8-9-10-11-12-13-14-15-16-20(24)19(17-22)21-18(2)23/h15-16,19-20,22,24H,3-14,17H2,1-2H3,(H,21,23). The van der Waals surface area contributed by atoms with Gasteiger partial charge in [0.05, 0.1) is 18.8 Å². The molecule has 0 aliphatic heterocycles. The molecule has 0 heterocycles. The van der Waals surface area contributed by atoms with Crippen molar-refractivity contribution in [2.45, 2.75) is 103 Å². The lowest BCUT2D eigenvalue weighted by Crippen LogP contribution is -2.44. The second kappa shape index (κ2) is 17.0. The molecule has 0 radical (unpaired) electrons. The van der Waals surface area contributed by atoms with Crippen LogP contribution >= 0.6 is 0 Å². The van der Waals surface area contributed by atoms with Crippen LogP contribution in [-0.2, 0) is 4.79 Å². The molecule has 3 N–H and O–H groups in total. The fraction of sp³-hybridized carbons (Fsp3) is 0.850. The number of rotatable bonds is 16. The number of unbranched alkanes of at least 4 members (excludes halogenated alkanes) is 11. The van der Waals surface area contributed by atoms with E-state index in [0.717, 1.165) is 12.8 Å². The van der Waals surface area contributed by atoms with Crippen molar-refractivity contribution in [1.29, 1.82) is 0 Å². The van der Waals surface area contributed by atoms with Gasteiger partial charge in [0.2, 0.25) is 5.91 Å². The third kappa shape index (κ3) is 14.7. The Bertz CT molecular complexity index is 318. The minimum atomic E-state index is -0.827. The minimum Gasteiger partial charge on any atom is -0.394 e. The van der Waals surface area contributed by atoms with Crippen molar-refractivity contribution in [1.82, 2.24) is 5.32 Å². The van der Waals surface area contributed by atoms with Crippen LogP contribution in [0.4, 0.5) is 0 Å². The molecule has 0 rings (SSSR count). The second-order valence-electron chi connectivity index (χ2n) is 6.73. The van der Waals surface area contributed by atoms with Gasteiger partial charge >= 0.3 is 0 Å². The van der Waals surface area contributed by atoms with Gasteiger partial charge in [0.15, 0.2) is 0 Å². The van der Waals surface area contributed by atoms with Crippen molar-refractivity contribution in [3.8, 4) is 0 Å². The minimum absolute atomic E-state index is 0.244. The third-order valence-corrected chi connectivity index (χ3v) is 4.31. The highest BCUT2D eigenvalue weighted by Gasteiger charge is 2.15. The lowest BCUT2D eigenvalue weighted by molar-refractivity contribution is -0.120. The highest BCUT2D eigenvalue weighted by molar-refractivity contribution is 5.73. The average Bonchev–Trinajstić information content (AvgIpc) is 2.56. The summed E-state index contributed by atoms with van der Waals surface area (Å²) in [6.07, 6.45) is 18.3. The van der Waals surface area contributed by atoms with Crippen LogP contribution in [0, 0.1) is 0 Å². The monoisotopic (exact) mass is 341 g/mol. The molecule has 0 aromatic rings. The molecule has 2 unspecified atom stereocenters. The maximum Gasteiger partial charge on any atom is 0.217 e. The van der Waals surface area contributed by atoms with Crippen molar-refractivity contribution >= 4 is 5.91 Å². The summed E-state index contributed by atoms with van der Waals surface area (Å²) in [4.78, 5) is 10.9. The van der Waals surface area contributed by atoms with Gasteiger partial charge in [-0.15, -0.1) is 0 Å². The molecule has 4 nitrogen and oxygen atoms in total. The van der Waals surface area contributed by atoms with Gasteiger partial charge in [0.25, 0.3) is 0 Å². The zero-order valence-corrected chi connectivity index (χ0v) is 15.8. The van der Waals surface area contributed by atoms with E-state index in [1.54, 1.807) is 6.08 Å². The van der Waals surface area contributed by atoms with Crippen LogP contribution in [-0.4, -0.2) is 34.9 Å². The smallest absolute Gasteiger partial charge is 0.217 e. The number of carbonyl (C=O) groups excluding carboxylic acids is 1. The summed E-state index contributed by atoms with van der Waals surface area (Å²) < 4.78 is 0. The third-order valence-electron chi connectivity index (χ3n) is 4.31. The highest BCUT2D eigenvalue weighted by atomic mass is 16.3. The number of allylic oxidation sites excluding steroid dienone is 1. The van der Waals surface area contributed by atoms with E-state index >= 15 is 0 Å². The van der Waals surface area contributed by atoms with Gasteiger partial charge in [-0.25, -0.2) is 0 Å². The Morgan fingerprint density at radius 2 is 1.46 bits per heavy atom. The SMILES string of the molecule is CCCCCCCCCCCCCC=CC(O)C(CO)NC(C)=O. The molecule has 0 aromatic heterocycles.